The highest BCUT2D eigenvalue weighted by Gasteiger charge is 2.01. The first-order chi connectivity index (χ1) is 10.4. The molecule has 0 bridgehead atoms. The molecule has 0 aromatic carbocycles. The summed E-state index contributed by atoms with van der Waals surface area (Å²) in [6, 6.07) is 3.91. The van der Waals surface area contributed by atoms with Gasteiger partial charge in [-0.05, 0) is 18.7 Å². The van der Waals surface area contributed by atoms with Crippen LogP contribution in [0.5, 0.6) is 0 Å². The Morgan fingerprint density at radius 2 is 1.52 bits per heavy atom. The van der Waals surface area contributed by atoms with Crippen LogP contribution in [0.2, 0.25) is 0 Å². The lowest BCUT2D eigenvalue weighted by atomic mass is 10.4. The van der Waals surface area contributed by atoms with Crippen LogP contribution in [-0.4, -0.2) is 53.3 Å². The maximum absolute atomic E-state index is 5.61. The molecule has 1 N–H and O–H groups in total. The Morgan fingerprint density at radius 3 is 2.19 bits per heavy atom. The molecule has 0 aliphatic heterocycles. The molecule has 0 aliphatic rings. The summed E-state index contributed by atoms with van der Waals surface area (Å²) in [6.07, 6.45) is 0. The Bertz CT molecular complexity index is 343. The first-order valence-corrected chi connectivity index (χ1v) is 7.37. The van der Waals surface area contributed by atoms with Gasteiger partial charge in [-0.15, -0.1) is 0 Å². The van der Waals surface area contributed by atoms with E-state index < -0.39 is 0 Å². The summed E-state index contributed by atoms with van der Waals surface area (Å²) in [5.41, 5.74) is 0. The Morgan fingerprint density at radius 1 is 0.905 bits per heavy atom. The van der Waals surface area contributed by atoms with E-state index >= 15 is 0 Å². The molecular weight excluding hydrogens is 274 g/mol. The molecule has 0 radical (unpaired) electrons. The van der Waals surface area contributed by atoms with Gasteiger partial charge < -0.3 is 28.7 Å². The van der Waals surface area contributed by atoms with E-state index in [1.165, 1.54) is 0 Å². The molecule has 0 amide bonds. The second-order valence-corrected chi connectivity index (χ2v) is 4.42. The van der Waals surface area contributed by atoms with Gasteiger partial charge in [0.25, 0.3) is 0 Å². The minimum absolute atomic E-state index is 0.472. The van der Waals surface area contributed by atoms with Gasteiger partial charge in [0, 0.05) is 7.11 Å². The van der Waals surface area contributed by atoms with Crippen LogP contribution in [0.15, 0.2) is 16.5 Å². The van der Waals surface area contributed by atoms with E-state index in [1.54, 1.807) is 7.11 Å². The van der Waals surface area contributed by atoms with Crippen LogP contribution in [0.1, 0.15) is 18.4 Å². The minimum atomic E-state index is 0.472. The fourth-order valence-electron chi connectivity index (χ4n) is 1.60. The highest BCUT2D eigenvalue weighted by Crippen LogP contribution is 2.08. The van der Waals surface area contributed by atoms with Gasteiger partial charge in [-0.1, -0.05) is 6.92 Å². The van der Waals surface area contributed by atoms with E-state index in [4.69, 9.17) is 23.4 Å². The number of nitrogens with one attached hydrogen (secondary N) is 1. The molecular formula is C15H27NO5. The normalized spacial score (nSPS) is 11.1. The van der Waals surface area contributed by atoms with E-state index in [2.05, 4.69) is 12.2 Å². The number of ether oxygens (including phenoxy) is 4. The van der Waals surface area contributed by atoms with E-state index in [9.17, 15) is 0 Å². The molecule has 0 unspecified atom stereocenters. The molecule has 1 rings (SSSR count). The van der Waals surface area contributed by atoms with Crippen molar-refractivity contribution in [3.05, 3.63) is 23.7 Å². The van der Waals surface area contributed by atoms with Crippen molar-refractivity contribution in [1.29, 1.82) is 0 Å². The van der Waals surface area contributed by atoms with Crippen LogP contribution in [0.25, 0.3) is 0 Å². The zero-order valence-corrected chi connectivity index (χ0v) is 13.1. The van der Waals surface area contributed by atoms with Gasteiger partial charge in [-0.3, -0.25) is 0 Å². The van der Waals surface area contributed by atoms with Gasteiger partial charge in [0.1, 0.15) is 18.1 Å². The summed E-state index contributed by atoms with van der Waals surface area (Å²) in [4.78, 5) is 0. The van der Waals surface area contributed by atoms with Crippen molar-refractivity contribution in [3.63, 3.8) is 0 Å². The Labute approximate surface area is 126 Å². The van der Waals surface area contributed by atoms with Gasteiger partial charge >= 0.3 is 0 Å². The van der Waals surface area contributed by atoms with Crippen LogP contribution in [0.4, 0.5) is 0 Å². The first-order valence-electron chi connectivity index (χ1n) is 7.37. The summed E-state index contributed by atoms with van der Waals surface area (Å²) < 4.78 is 26.6. The van der Waals surface area contributed by atoms with Crippen molar-refractivity contribution in [2.75, 3.05) is 53.3 Å². The second-order valence-electron chi connectivity index (χ2n) is 4.42. The zero-order chi connectivity index (χ0) is 15.2. The lowest BCUT2D eigenvalue weighted by Crippen LogP contribution is -2.11. The van der Waals surface area contributed by atoms with Gasteiger partial charge in [-0.25, -0.2) is 0 Å². The van der Waals surface area contributed by atoms with E-state index in [0.29, 0.717) is 46.2 Å². The third-order valence-corrected chi connectivity index (χ3v) is 2.69. The molecule has 0 atom stereocenters. The topological polar surface area (TPSA) is 62.1 Å². The van der Waals surface area contributed by atoms with Gasteiger partial charge in [0.2, 0.25) is 0 Å². The third kappa shape index (κ3) is 9.60. The van der Waals surface area contributed by atoms with Gasteiger partial charge in [0.05, 0.1) is 46.2 Å². The monoisotopic (exact) mass is 301 g/mol. The smallest absolute Gasteiger partial charge is 0.129 e. The third-order valence-electron chi connectivity index (χ3n) is 2.69. The number of methoxy groups -OCH3 is 1. The summed E-state index contributed by atoms with van der Waals surface area (Å²) >= 11 is 0. The van der Waals surface area contributed by atoms with E-state index in [1.807, 2.05) is 12.1 Å². The molecule has 0 fully saturated rings. The maximum Gasteiger partial charge on any atom is 0.129 e. The Balaban J connectivity index is 1.91. The van der Waals surface area contributed by atoms with Crippen LogP contribution < -0.4 is 5.32 Å². The summed E-state index contributed by atoms with van der Waals surface area (Å²) in [7, 11) is 1.65. The SMILES string of the molecule is CCNCc1ccc(COCCOCCOCCOC)o1. The molecule has 122 valence electrons. The lowest BCUT2D eigenvalue weighted by Gasteiger charge is -2.06. The van der Waals surface area contributed by atoms with Crippen LogP contribution in [0, 0.1) is 0 Å². The fraction of sp³-hybridized carbons (Fsp3) is 0.733. The molecule has 1 aromatic rings. The average molecular weight is 301 g/mol. The Kier molecular flexibility index (Phi) is 11.0. The number of furan rings is 1. The van der Waals surface area contributed by atoms with Crippen molar-refractivity contribution < 1.29 is 23.4 Å². The lowest BCUT2D eigenvalue weighted by molar-refractivity contribution is -0.00136. The molecule has 0 spiro atoms. The standard InChI is InChI=1S/C15H27NO5/c1-3-16-12-14-4-5-15(21-14)13-20-11-10-19-9-8-18-7-6-17-2/h4-5,16H,3,6-13H2,1-2H3. The first kappa shape index (κ1) is 18.1. The molecule has 6 heteroatoms. The average Bonchev–Trinajstić information content (AvgIpc) is 2.95. The predicted octanol–water partition coefficient (Wildman–Crippen LogP) is 1.59. The van der Waals surface area contributed by atoms with Crippen LogP contribution >= 0.6 is 0 Å². The van der Waals surface area contributed by atoms with Crippen molar-refractivity contribution in [1.82, 2.24) is 5.32 Å². The predicted molar refractivity (Wildman–Crippen MR) is 79.3 cm³/mol. The fourth-order valence-corrected chi connectivity index (χ4v) is 1.60. The number of hydrogen-bond donors (Lipinski definition) is 1. The van der Waals surface area contributed by atoms with E-state index in [0.717, 1.165) is 24.6 Å². The van der Waals surface area contributed by atoms with Crippen LogP contribution in [0.3, 0.4) is 0 Å². The van der Waals surface area contributed by atoms with Gasteiger partial charge in [0.15, 0.2) is 0 Å². The summed E-state index contributed by atoms with van der Waals surface area (Å²) in [5, 5.41) is 3.21. The number of rotatable bonds is 14. The second kappa shape index (κ2) is 12.8. The molecule has 1 heterocycles. The molecule has 21 heavy (non-hydrogen) atoms. The molecule has 0 saturated heterocycles. The largest absolute Gasteiger partial charge is 0.462 e. The van der Waals surface area contributed by atoms with Crippen molar-refractivity contribution in [2.24, 2.45) is 0 Å². The van der Waals surface area contributed by atoms with Crippen molar-refractivity contribution in [3.8, 4) is 0 Å². The van der Waals surface area contributed by atoms with Crippen molar-refractivity contribution >= 4 is 0 Å². The molecule has 0 saturated carbocycles. The highest BCUT2D eigenvalue weighted by molar-refractivity contribution is 5.06. The minimum Gasteiger partial charge on any atom is -0.462 e. The van der Waals surface area contributed by atoms with Gasteiger partial charge in [-0.2, -0.15) is 0 Å². The quantitative estimate of drug-likeness (QED) is 0.527. The van der Waals surface area contributed by atoms with E-state index in [-0.39, 0.29) is 0 Å². The molecule has 0 aliphatic carbocycles. The molecule has 6 nitrogen and oxygen atoms in total. The molecule has 1 aromatic heterocycles. The highest BCUT2D eigenvalue weighted by atomic mass is 16.6. The summed E-state index contributed by atoms with van der Waals surface area (Å²) in [6.45, 7) is 7.68. The zero-order valence-electron chi connectivity index (χ0n) is 13.1. The number of hydrogen-bond acceptors (Lipinski definition) is 6. The van der Waals surface area contributed by atoms with Crippen molar-refractivity contribution in [2.45, 2.75) is 20.1 Å². The Hall–Kier alpha value is -0.920. The van der Waals surface area contributed by atoms with Crippen LogP contribution in [-0.2, 0) is 32.1 Å². The summed E-state index contributed by atoms with van der Waals surface area (Å²) in [5.74, 6) is 1.77. The maximum atomic E-state index is 5.61.